The molecular weight excluding hydrogens is 294 g/mol. The molecule has 2 aromatic rings. The lowest BCUT2D eigenvalue weighted by molar-refractivity contribution is 0.0605. The molecule has 108 valence electrons. The fourth-order valence-corrected chi connectivity index (χ4v) is 3.66. The molecule has 1 N–H and O–H groups in total. The van der Waals surface area contributed by atoms with E-state index in [9.17, 15) is 4.79 Å². The fraction of sp³-hybridized carbons (Fsp3) is 0.462. The predicted octanol–water partition coefficient (Wildman–Crippen LogP) is 3.18. The number of methoxy groups -OCH3 is 1. The first kappa shape index (κ1) is 14.9. The fourth-order valence-electron chi connectivity index (χ4n) is 1.81. The number of ether oxygens (including phenoxy) is 1. The van der Waals surface area contributed by atoms with Crippen LogP contribution in [0.2, 0.25) is 0 Å². The molecule has 7 heteroatoms. The smallest absolute Gasteiger partial charge is 0.350 e. The normalized spacial score (nSPS) is 10.6. The third kappa shape index (κ3) is 3.16. The Bertz CT molecular complexity index is 619. The summed E-state index contributed by atoms with van der Waals surface area (Å²) >= 11 is 3.01. The van der Waals surface area contributed by atoms with Crippen LogP contribution in [0.25, 0.3) is 0 Å². The Hall–Kier alpha value is -1.47. The Kier molecular flexibility index (Phi) is 4.72. The maximum absolute atomic E-state index is 11.7. The SMILES string of the molecule is CCc1nc(NCc2sc(C)nc2C)sc1C(=O)OC. The minimum atomic E-state index is -0.322. The molecule has 0 aromatic carbocycles. The van der Waals surface area contributed by atoms with Crippen LogP contribution in [0.3, 0.4) is 0 Å². The quantitative estimate of drug-likeness (QED) is 0.859. The third-order valence-corrected chi connectivity index (χ3v) is 4.91. The summed E-state index contributed by atoms with van der Waals surface area (Å²) in [7, 11) is 1.39. The van der Waals surface area contributed by atoms with Gasteiger partial charge in [-0.25, -0.2) is 14.8 Å². The van der Waals surface area contributed by atoms with Crippen molar-refractivity contribution in [3.8, 4) is 0 Å². The van der Waals surface area contributed by atoms with Crippen molar-refractivity contribution in [3.05, 3.63) is 26.1 Å². The summed E-state index contributed by atoms with van der Waals surface area (Å²) in [6, 6.07) is 0. The monoisotopic (exact) mass is 311 g/mol. The number of anilines is 1. The summed E-state index contributed by atoms with van der Waals surface area (Å²) in [6.45, 7) is 6.64. The Morgan fingerprint density at radius 3 is 2.60 bits per heavy atom. The van der Waals surface area contributed by atoms with Gasteiger partial charge in [0.2, 0.25) is 0 Å². The molecule has 0 saturated heterocycles. The van der Waals surface area contributed by atoms with Crippen molar-refractivity contribution in [1.29, 1.82) is 0 Å². The topological polar surface area (TPSA) is 64.1 Å². The first-order chi connectivity index (χ1) is 9.55. The number of hydrogen-bond donors (Lipinski definition) is 1. The van der Waals surface area contributed by atoms with Gasteiger partial charge in [-0.05, 0) is 20.3 Å². The molecule has 0 amide bonds. The largest absolute Gasteiger partial charge is 0.465 e. The van der Waals surface area contributed by atoms with Gasteiger partial charge in [-0.15, -0.1) is 11.3 Å². The molecule has 0 spiro atoms. The molecule has 0 radical (unpaired) electrons. The molecule has 0 saturated carbocycles. The first-order valence-corrected chi connectivity index (χ1v) is 7.93. The van der Waals surface area contributed by atoms with E-state index in [1.54, 1.807) is 11.3 Å². The van der Waals surface area contributed by atoms with Crippen LogP contribution in [0.5, 0.6) is 0 Å². The third-order valence-electron chi connectivity index (χ3n) is 2.80. The lowest BCUT2D eigenvalue weighted by Crippen LogP contribution is -2.01. The molecule has 0 atom stereocenters. The number of thiazole rings is 2. The van der Waals surface area contributed by atoms with Crippen LogP contribution in [0.1, 0.15) is 37.9 Å². The highest BCUT2D eigenvalue weighted by Gasteiger charge is 2.17. The second kappa shape index (κ2) is 6.32. The highest BCUT2D eigenvalue weighted by molar-refractivity contribution is 7.17. The number of nitrogens with zero attached hydrogens (tertiary/aromatic N) is 2. The standard InChI is InChI=1S/C13H17N3O2S2/c1-5-9-11(12(17)18-4)20-13(16-9)14-6-10-7(2)15-8(3)19-10/h5-6H2,1-4H3,(H,14,16). The van der Waals surface area contributed by atoms with Crippen LogP contribution in [0.15, 0.2) is 0 Å². The molecule has 0 bridgehead atoms. The minimum Gasteiger partial charge on any atom is -0.465 e. The number of nitrogens with one attached hydrogen (secondary N) is 1. The summed E-state index contributed by atoms with van der Waals surface area (Å²) in [5.41, 5.74) is 1.82. The molecule has 0 aliphatic heterocycles. The van der Waals surface area contributed by atoms with E-state index in [2.05, 4.69) is 15.3 Å². The van der Waals surface area contributed by atoms with Gasteiger partial charge in [0, 0.05) is 4.88 Å². The summed E-state index contributed by atoms with van der Waals surface area (Å²) < 4.78 is 4.77. The van der Waals surface area contributed by atoms with Crippen LogP contribution in [0, 0.1) is 13.8 Å². The van der Waals surface area contributed by atoms with Gasteiger partial charge >= 0.3 is 5.97 Å². The van der Waals surface area contributed by atoms with Gasteiger partial charge in [0.1, 0.15) is 4.88 Å². The molecular formula is C13H17N3O2S2. The second-order valence-corrected chi connectivity index (χ2v) is 6.52. The maximum atomic E-state index is 11.7. The van der Waals surface area contributed by atoms with Crippen LogP contribution in [-0.4, -0.2) is 23.0 Å². The maximum Gasteiger partial charge on any atom is 0.350 e. The van der Waals surface area contributed by atoms with Crippen LogP contribution >= 0.6 is 22.7 Å². The van der Waals surface area contributed by atoms with E-state index in [0.29, 0.717) is 17.8 Å². The Morgan fingerprint density at radius 1 is 1.30 bits per heavy atom. The number of esters is 1. The van der Waals surface area contributed by atoms with Crippen LogP contribution in [-0.2, 0) is 17.7 Å². The zero-order valence-electron chi connectivity index (χ0n) is 11.9. The molecule has 5 nitrogen and oxygen atoms in total. The van der Waals surface area contributed by atoms with Crippen molar-refractivity contribution in [3.63, 3.8) is 0 Å². The molecule has 0 aliphatic carbocycles. The molecule has 0 fully saturated rings. The number of carbonyl (C=O) groups is 1. The Labute approximate surface area is 126 Å². The van der Waals surface area contributed by atoms with Gasteiger partial charge in [0.25, 0.3) is 0 Å². The average molecular weight is 311 g/mol. The molecule has 0 unspecified atom stereocenters. The van der Waals surface area contributed by atoms with E-state index >= 15 is 0 Å². The summed E-state index contributed by atoms with van der Waals surface area (Å²) in [4.78, 5) is 22.3. The van der Waals surface area contributed by atoms with Gasteiger partial charge in [0.05, 0.1) is 30.1 Å². The number of hydrogen-bond acceptors (Lipinski definition) is 7. The summed E-state index contributed by atoms with van der Waals surface area (Å²) in [5, 5.41) is 5.06. The van der Waals surface area contributed by atoms with Gasteiger partial charge in [0.15, 0.2) is 5.13 Å². The second-order valence-electron chi connectivity index (χ2n) is 4.23. The number of rotatable bonds is 5. The molecule has 2 heterocycles. The number of carbonyl (C=O) groups excluding carboxylic acids is 1. The van der Waals surface area contributed by atoms with Gasteiger partial charge < -0.3 is 10.1 Å². The number of aryl methyl sites for hydroxylation is 3. The lowest BCUT2D eigenvalue weighted by Gasteiger charge is -2.00. The van der Waals surface area contributed by atoms with E-state index in [1.165, 1.54) is 23.3 Å². The van der Waals surface area contributed by atoms with Crippen molar-refractivity contribution in [2.45, 2.75) is 33.7 Å². The van der Waals surface area contributed by atoms with Crippen molar-refractivity contribution < 1.29 is 9.53 Å². The average Bonchev–Trinajstić information content (AvgIpc) is 2.98. The van der Waals surface area contributed by atoms with E-state index in [-0.39, 0.29) is 5.97 Å². The summed E-state index contributed by atoms with van der Waals surface area (Å²) in [6.07, 6.45) is 0.710. The molecule has 0 aliphatic rings. The zero-order chi connectivity index (χ0) is 14.7. The van der Waals surface area contributed by atoms with Crippen molar-refractivity contribution in [2.75, 3.05) is 12.4 Å². The predicted molar refractivity (Wildman–Crippen MR) is 81.7 cm³/mol. The van der Waals surface area contributed by atoms with Crippen molar-refractivity contribution >= 4 is 33.8 Å². The van der Waals surface area contributed by atoms with Crippen molar-refractivity contribution in [2.24, 2.45) is 0 Å². The summed E-state index contributed by atoms with van der Waals surface area (Å²) in [5.74, 6) is -0.322. The Balaban J connectivity index is 2.12. The Morgan fingerprint density at radius 2 is 2.05 bits per heavy atom. The highest BCUT2D eigenvalue weighted by atomic mass is 32.1. The highest BCUT2D eigenvalue weighted by Crippen LogP contribution is 2.26. The number of aromatic nitrogens is 2. The molecule has 2 aromatic heterocycles. The van der Waals surface area contributed by atoms with E-state index < -0.39 is 0 Å². The molecule has 2 rings (SSSR count). The van der Waals surface area contributed by atoms with Crippen LogP contribution in [0.4, 0.5) is 5.13 Å². The zero-order valence-corrected chi connectivity index (χ0v) is 13.6. The van der Waals surface area contributed by atoms with E-state index in [1.807, 2.05) is 20.8 Å². The van der Waals surface area contributed by atoms with Gasteiger partial charge in [-0.3, -0.25) is 0 Å². The van der Waals surface area contributed by atoms with Gasteiger partial charge in [-0.1, -0.05) is 18.3 Å². The minimum absolute atomic E-state index is 0.322. The molecule has 20 heavy (non-hydrogen) atoms. The van der Waals surface area contributed by atoms with Crippen molar-refractivity contribution in [1.82, 2.24) is 9.97 Å². The first-order valence-electron chi connectivity index (χ1n) is 6.30. The van der Waals surface area contributed by atoms with Crippen LogP contribution < -0.4 is 5.32 Å². The van der Waals surface area contributed by atoms with Gasteiger partial charge in [-0.2, -0.15) is 0 Å². The van der Waals surface area contributed by atoms with E-state index in [4.69, 9.17) is 4.74 Å². The van der Waals surface area contributed by atoms with E-state index in [0.717, 1.165) is 21.5 Å². The lowest BCUT2D eigenvalue weighted by atomic mass is 10.3.